The second kappa shape index (κ2) is 31.5. The maximum atomic E-state index is 12.9. The fourth-order valence-electron chi connectivity index (χ4n) is 6.97. The van der Waals surface area contributed by atoms with Crippen molar-refractivity contribution in [3.63, 3.8) is 0 Å². The number of rotatable bonds is 34. The number of hydrogen-bond acceptors (Lipinski definition) is 9. The van der Waals surface area contributed by atoms with Crippen LogP contribution in [0, 0.1) is 5.92 Å². The van der Waals surface area contributed by atoms with Gasteiger partial charge in [-0.15, -0.1) is 0 Å². The van der Waals surface area contributed by atoms with Gasteiger partial charge in [0.15, 0.2) is 6.29 Å². The van der Waals surface area contributed by atoms with Crippen LogP contribution >= 0.6 is 0 Å². The zero-order valence-corrected chi connectivity index (χ0v) is 32.9. The highest BCUT2D eigenvalue weighted by Crippen LogP contribution is 2.23. The third kappa shape index (κ3) is 23.5. The lowest BCUT2D eigenvalue weighted by atomic mass is 9.98. The molecule has 0 radical (unpaired) electrons. The Morgan fingerprint density at radius 2 is 1.10 bits per heavy atom. The lowest BCUT2D eigenvalue weighted by Gasteiger charge is -2.40. The molecule has 1 rings (SSSR count). The minimum Gasteiger partial charge on any atom is -0.394 e. The average Bonchev–Trinajstić information content (AvgIpc) is 3.11. The third-order valence-electron chi connectivity index (χ3n) is 10.5. The van der Waals surface area contributed by atoms with Crippen molar-refractivity contribution in [2.45, 2.75) is 237 Å². The maximum absolute atomic E-state index is 12.9. The predicted molar refractivity (Wildman–Crippen MR) is 204 cm³/mol. The van der Waals surface area contributed by atoms with E-state index in [2.05, 4.69) is 26.1 Å². The molecule has 1 aliphatic rings. The monoisotopic (exact) mass is 732 g/mol. The summed E-state index contributed by atoms with van der Waals surface area (Å²) in [4.78, 5) is 12.9. The molecule has 0 spiro atoms. The summed E-state index contributed by atoms with van der Waals surface area (Å²) < 4.78 is 11.1. The Morgan fingerprint density at radius 3 is 1.57 bits per heavy atom. The molecule has 0 unspecified atom stereocenters. The number of carbonyl (C=O) groups is 1. The molecule has 0 aromatic rings. The van der Waals surface area contributed by atoms with Crippen molar-refractivity contribution in [2.24, 2.45) is 5.92 Å². The van der Waals surface area contributed by atoms with E-state index in [-0.39, 0.29) is 18.9 Å². The van der Waals surface area contributed by atoms with Gasteiger partial charge in [-0.05, 0) is 18.8 Å². The summed E-state index contributed by atoms with van der Waals surface area (Å²) in [5.41, 5.74) is 0. The van der Waals surface area contributed by atoms with Crippen LogP contribution in [0.2, 0.25) is 0 Å². The molecule has 304 valence electrons. The Labute approximate surface area is 311 Å². The summed E-state index contributed by atoms with van der Waals surface area (Å²) in [6.07, 6.45) is 19.8. The van der Waals surface area contributed by atoms with E-state index in [0.717, 1.165) is 57.3 Å². The lowest BCUT2D eigenvalue weighted by Crippen LogP contribution is -2.60. The van der Waals surface area contributed by atoms with Crippen LogP contribution in [0.15, 0.2) is 0 Å². The molecule has 1 amide bonds. The Morgan fingerprint density at radius 1 is 0.647 bits per heavy atom. The molecule has 0 aliphatic carbocycles. The van der Waals surface area contributed by atoms with Gasteiger partial charge in [-0.3, -0.25) is 4.79 Å². The quantitative estimate of drug-likeness (QED) is 0.0351. The number of amides is 1. The Balaban J connectivity index is 2.43. The molecule has 10 heteroatoms. The summed E-state index contributed by atoms with van der Waals surface area (Å²) in [6.45, 7) is 5.88. The summed E-state index contributed by atoms with van der Waals surface area (Å²) in [7, 11) is 0. The van der Waals surface area contributed by atoms with Crippen molar-refractivity contribution in [3.05, 3.63) is 0 Å². The van der Waals surface area contributed by atoms with Crippen LogP contribution in [0.25, 0.3) is 0 Å². The topological polar surface area (TPSA) is 169 Å². The van der Waals surface area contributed by atoms with E-state index in [1.165, 1.54) is 103 Å². The second-order valence-electron chi connectivity index (χ2n) is 15.8. The second-order valence-corrected chi connectivity index (χ2v) is 15.8. The summed E-state index contributed by atoms with van der Waals surface area (Å²) in [6, 6.07) is -0.984. The molecule has 1 fully saturated rings. The number of hydrogen-bond donors (Lipinski definition) is 7. The molecule has 1 heterocycles. The number of ether oxygens (including phenoxy) is 2. The molecule has 1 aliphatic heterocycles. The third-order valence-corrected chi connectivity index (χ3v) is 10.5. The van der Waals surface area contributed by atoms with E-state index in [9.17, 15) is 35.4 Å². The van der Waals surface area contributed by atoms with Crippen LogP contribution in [0.4, 0.5) is 0 Å². The van der Waals surface area contributed by atoms with Crippen molar-refractivity contribution in [3.8, 4) is 0 Å². The van der Waals surface area contributed by atoms with Gasteiger partial charge < -0.3 is 45.4 Å². The van der Waals surface area contributed by atoms with Gasteiger partial charge in [0, 0.05) is 6.42 Å². The molecular formula is C41H81NO9. The van der Waals surface area contributed by atoms with Crippen molar-refractivity contribution in [2.75, 3.05) is 13.2 Å². The fraction of sp³-hybridized carbons (Fsp3) is 0.976. The number of aliphatic hydroxyl groups excluding tert-OH is 6. The van der Waals surface area contributed by atoms with E-state index in [0.29, 0.717) is 6.42 Å². The van der Waals surface area contributed by atoms with Gasteiger partial charge in [-0.2, -0.15) is 0 Å². The predicted octanol–water partition coefficient (Wildman–Crippen LogP) is 6.83. The first-order valence-corrected chi connectivity index (χ1v) is 21.2. The van der Waals surface area contributed by atoms with Crippen molar-refractivity contribution in [1.29, 1.82) is 0 Å². The molecule has 8 atom stereocenters. The molecule has 0 bridgehead atoms. The zero-order valence-electron chi connectivity index (χ0n) is 32.9. The van der Waals surface area contributed by atoms with E-state index >= 15 is 0 Å². The lowest BCUT2D eigenvalue weighted by molar-refractivity contribution is -0.303. The first-order chi connectivity index (χ1) is 24.6. The van der Waals surface area contributed by atoms with Gasteiger partial charge in [0.25, 0.3) is 0 Å². The summed E-state index contributed by atoms with van der Waals surface area (Å²) >= 11 is 0. The Kier molecular flexibility index (Phi) is 29.7. The van der Waals surface area contributed by atoms with Gasteiger partial charge in [0.05, 0.1) is 25.4 Å². The average molecular weight is 732 g/mol. The fourth-order valence-corrected chi connectivity index (χ4v) is 6.97. The van der Waals surface area contributed by atoms with Crippen molar-refractivity contribution < 1.29 is 44.9 Å². The molecular weight excluding hydrogens is 650 g/mol. The number of aliphatic hydroxyl groups is 6. The van der Waals surface area contributed by atoms with Gasteiger partial charge >= 0.3 is 0 Å². The largest absolute Gasteiger partial charge is 0.394 e. The van der Waals surface area contributed by atoms with Crippen molar-refractivity contribution >= 4 is 5.91 Å². The van der Waals surface area contributed by atoms with Gasteiger partial charge in [-0.25, -0.2) is 0 Å². The van der Waals surface area contributed by atoms with Gasteiger partial charge in [-0.1, -0.05) is 168 Å². The molecule has 1 saturated heterocycles. The first-order valence-electron chi connectivity index (χ1n) is 21.2. The van der Waals surface area contributed by atoms with E-state index in [4.69, 9.17) is 9.47 Å². The minimum atomic E-state index is -1.60. The van der Waals surface area contributed by atoms with E-state index in [1.54, 1.807) is 0 Å². The Bertz CT molecular complexity index is 801. The smallest absolute Gasteiger partial charge is 0.220 e. The Hall–Kier alpha value is -0.850. The van der Waals surface area contributed by atoms with Crippen LogP contribution in [-0.4, -0.2) is 98.7 Å². The molecule has 51 heavy (non-hydrogen) atoms. The summed E-state index contributed by atoms with van der Waals surface area (Å²) in [5, 5.41) is 64.9. The number of nitrogens with one attached hydrogen (secondary N) is 1. The van der Waals surface area contributed by atoms with Crippen LogP contribution in [0.1, 0.15) is 188 Å². The van der Waals surface area contributed by atoms with E-state index < -0.39 is 55.6 Å². The van der Waals surface area contributed by atoms with Gasteiger partial charge in [0.1, 0.15) is 30.5 Å². The summed E-state index contributed by atoms with van der Waals surface area (Å²) in [5.74, 6) is 0.504. The number of carbonyl (C=O) groups excluding carboxylic acids is 1. The normalized spacial score (nSPS) is 22.7. The number of unbranched alkanes of at least 4 members (excludes halogenated alkanes) is 21. The maximum Gasteiger partial charge on any atom is 0.220 e. The molecule has 0 aromatic carbocycles. The van der Waals surface area contributed by atoms with Crippen LogP contribution in [0.5, 0.6) is 0 Å². The minimum absolute atomic E-state index is 0.258. The molecule has 10 nitrogen and oxygen atoms in total. The highest BCUT2D eigenvalue weighted by Gasteiger charge is 2.44. The first kappa shape index (κ1) is 48.2. The van der Waals surface area contributed by atoms with Gasteiger partial charge in [0.2, 0.25) is 5.91 Å². The zero-order chi connectivity index (χ0) is 37.7. The SMILES string of the molecule is CCCCCCCCCCCCCCCCCC(=O)N[C@@H](CO[C@@H]1O[C@H](CO)[C@@H](O)[C@H](O)[C@H]1O)[C@H](O)[C@H](O)CCCCCCCCCCC(C)C. The standard InChI is InChI=1S/C41H81NO9/c1-4-5-6-7-8-9-10-11-12-13-14-15-20-23-26-29-36(45)42-33(31-50-41-40(49)39(48)38(47)35(30-43)51-41)37(46)34(44)28-25-22-19-17-16-18-21-24-27-32(2)3/h32-35,37-41,43-44,46-49H,4-31H2,1-3H3,(H,42,45)/t33-,34+,35+,37-,38+,39-,40+,41+/m0/s1. The van der Waals surface area contributed by atoms with Crippen LogP contribution in [-0.2, 0) is 14.3 Å². The molecule has 7 N–H and O–H groups in total. The molecule has 0 saturated carbocycles. The molecule has 0 aromatic heterocycles. The highest BCUT2D eigenvalue weighted by molar-refractivity contribution is 5.76. The van der Waals surface area contributed by atoms with Crippen molar-refractivity contribution in [1.82, 2.24) is 5.32 Å². The van der Waals surface area contributed by atoms with Crippen LogP contribution < -0.4 is 5.32 Å². The van der Waals surface area contributed by atoms with E-state index in [1.807, 2.05) is 0 Å². The highest BCUT2D eigenvalue weighted by atomic mass is 16.7. The van der Waals surface area contributed by atoms with Crippen LogP contribution in [0.3, 0.4) is 0 Å².